The normalized spacial score (nSPS) is 15.4. The Morgan fingerprint density at radius 2 is 2.05 bits per heavy atom. The lowest BCUT2D eigenvalue weighted by Gasteiger charge is -2.00. The highest BCUT2D eigenvalue weighted by molar-refractivity contribution is 14.1. The van der Waals surface area contributed by atoms with Gasteiger partial charge in [-0.2, -0.15) is 0 Å². The number of amides is 1. The van der Waals surface area contributed by atoms with Crippen LogP contribution in [0.1, 0.15) is 11.4 Å². The van der Waals surface area contributed by atoms with Gasteiger partial charge in [0.15, 0.2) is 0 Å². The van der Waals surface area contributed by atoms with Gasteiger partial charge in [-0.1, -0.05) is 12.1 Å². The monoisotopic (exact) mass is 401 g/mol. The first kappa shape index (κ1) is 13.5. The minimum atomic E-state index is -0.0796. The smallest absolute Gasteiger partial charge is 0.256 e. The van der Waals surface area contributed by atoms with E-state index in [4.69, 9.17) is 0 Å². The van der Waals surface area contributed by atoms with Gasteiger partial charge in [-0.3, -0.25) is 4.79 Å². The zero-order chi connectivity index (χ0) is 15.3. The first-order chi connectivity index (χ1) is 10.6. The number of nitrogens with zero attached hydrogens (tertiary/aromatic N) is 2. The van der Waals surface area contributed by atoms with Crippen LogP contribution in [-0.4, -0.2) is 15.5 Å². The molecule has 4 rings (SSSR count). The van der Waals surface area contributed by atoms with Crippen LogP contribution < -0.4 is 5.32 Å². The molecule has 0 spiro atoms. The van der Waals surface area contributed by atoms with E-state index in [1.54, 1.807) is 0 Å². The largest absolute Gasteiger partial charge is 0.328 e. The van der Waals surface area contributed by atoms with E-state index in [-0.39, 0.29) is 5.91 Å². The summed E-state index contributed by atoms with van der Waals surface area (Å²) < 4.78 is 3.10. The van der Waals surface area contributed by atoms with E-state index in [0.717, 1.165) is 31.7 Å². The van der Waals surface area contributed by atoms with Crippen LogP contribution in [-0.2, 0) is 11.8 Å². The number of rotatable bonds is 1. The predicted molar refractivity (Wildman–Crippen MR) is 96.4 cm³/mol. The van der Waals surface area contributed by atoms with Crippen LogP contribution in [0.4, 0.5) is 5.69 Å². The quantitative estimate of drug-likeness (QED) is 0.500. The summed E-state index contributed by atoms with van der Waals surface area (Å²) >= 11 is 2.25. The molecule has 1 amide bonds. The maximum Gasteiger partial charge on any atom is 0.256 e. The fourth-order valence-corrected chi connectivity index (χ4v) is 3.22. The van der Waals surface area contributed by atoms with Crippen molar-refractivity contribution in [3.8, 4) is 0 Å². The Labute approximate surface area is 141 Å². The highest BCUT2D eigenvalue weighted by Gasteiger charge is 2.24. The third-order valence-corrected chi connectivity index (χ3v) is 4.53. The SMILES string of the molecule is Cn1c(C=C2C(=O)Nc3ccc(I)cc32)nc2ccccc21. The van der Waals surface area contributed by atoms with Gasteiger partial charge in [0, 0.05) is 21.9 Å². The Hall–Kier alpha value is -2.15. The van der Waals surface area contributed by atoms with Gasteiger partial charge in [0.25, 0.3) is 5.91 Å². The zero-order valence-electron chi connectivity index (χ0n) is 11.8. The molecule has 4 nitrogen and oxygen atoms in total. The van der Waals surface area contributed by atoms with Crippen molar-refractivity contribution in [3.63, 3.8) is 0 Å². The number of para-hydroxylation sites is 2. The van der Waals surface area contributed by atoms with E-state index < -0.39 is 0 Å². The molecule has 108 valence electrons. The Bertz CT molecular complexity index is 956. The topological polar surface area (TPSA) is 46.9 Å². The fraction of sp³-hybridized carbons (Fsp3) is 0.0588. The molecule has 0 radical (unpaired) electrons. The van der Waals surface area contributed by atoms with Crippen LogP contribution in [0.2, 0.25) is 0 Å². The number of hydrogen-bond donors (Lipinski definition) is 1. The number of aromatic nitrogens is 2. The lowest BCUT2D eigenvalue weighted by Crippen LogP contribution is -2.04. The van der Waals surface area contributed by atoms with Crippen LogP contribution in [0.25, 0.3) is 22.7 Å². The number of fused-ring (bicyclic) bond motifs is 2. The molecule has 0 unspecified atom stereocenters. The van der Waals surface area contributed by atoms with Gasteiger partial charge in [-0.25, -0.2) is 4.98 Å². The van der Waals surface area contributed by atoms with Crippen LogP contribution >= 0.6 is 22.6 Å². The van der Waals surface area contributed by atoms with Gasteiger partial charge in [-0.15, -0.1) is 0 Å². The summed E-state index contributed by atoms with van der Waals surface area (Å²) in [5, 5.41) is 2.90. The summed E-state index contributed by atoms with van der Waals surface area (Å²) in [6.07, 6.45) is 1.86. The van der Waals surface area contributed by atoms with Crippen LogP contribution in [0.3, 0.4) is 0 Å². The van der Waals surface area contributed by atoms with Crippen molar-refractivity contribution in [1.82, 2.24) is 9.55 Å². The number of aryl methyl sites for hydroxylation is 1. The summed E-state index contributed by atoms with van der Waals surface area (Å²) in [5.41, 5.74) is 4.43. The number of imidazole rings is 1. The van der Waals surface area contributed by atoms with Crippen molar-refractivity contribution in [3.05, 3.63) is 57.4 Å². The highest BCUT2D eigenvalue weighted by atomic mass is 127. The summed E-state index contributed by atoms with van der Waals surface area (Å²) in [4.78, 5) is 16.9. The Morgan fingerprint density at radius 3 is 2.86 bits per heavy atom. The molecule has 1 N–H and O–H groups in total. The summed E-state index contributed by atoms with van der Waals surface area (Å²) in [5.74, 6) is 0.696. The molecule has 1 aliphatic rings. The second kappa shape index (κ2) is 4.95. The standard InChI is InChI=1S/C17H12IN3O/c1-21-15-5-3-2-4-14(15)19-16(21)9-12-11-8-10(18)6-7-13(11)20-17(12)22/h2-9H,1H3,(H,20,22). The third-order valence-electron chi connectivity index (χ3n) is 3.86. The molecule has 22 heavy (non-hydrogen) atoms. The molecular formula is C17H12IN3O. The first-order valence-electron chi connectivity index (χ1n) is 6.88. The summed E-state index contributed by atoms with van der Waals surface area (Å²) in [6, 6.07) is 13.9. The number of nitrogens with one attached hydrogen (secondary N) is 1. The molecule has 0 atom stereocenters. The maximum absolute atomic E-state index is 12.3. The molecule has 2 aromatic carbocycles. The third kappa shape index (κ3) is 2.04. The van der Waals surface area contributed by atoms with Crippen LogP contribution in [0.15, 0.2) is 42.5 Å². The molecule has 0 saturated carbocycles. The number of carbonyl (C=O) groups is 1. The molecule has 1 aromatic heterocycles. The maximum atomic E-state index is 12.3. The predicted octanol–water partition coefficient (Wildman–Crippen LogP) is 3.67. The van der Waals surface area contributed by atoms with Gasteiger partial charge in [0.2, 0.25) is 0 Å². The Kier molecular flexibility index (Phi) is 3.04. The van der Waals surface area contributed by atoms with Crippen molar-refractivity contribution in [2.75, 3.05) is 5.32 Å². The zero-order valence-corrected chi connectivity index (χ0v) is 14.0. The van der Waals surface area contributed by atoms with Crippen molar-refractivity contribution in [2.45, 2.75) is 0 Å². The Morgan fingerprint density at radius 1 is 1.23 bits per heavy atom. The lowest BCUT2D eigenvalue weighted by atomic mass is 10.1. The number of anilines is 1. The average molecular weight is 401 g/mol. The molecule has 0 aliphatic carbocycles. The van der Waals surface area contributed by atoms with Crippen molar-refractivity contribution in [2.24, 2.45) is 7.05 Å². The van der Waals surface area contributed by atoms with E-state index in [2.05, 4.69) is 32.9 Å². The number of carbonyl (C=O) groups excluding carboxylic acids is 1. The molecule has 0 saturated heterocycles. The van der Waals surface area contributed by atoms with Gasteiger partial charge >= 0.3 is 0 Å². The molecule has 0 bridgehead atoms. The van der Waals surface area contributed by atoms with Crippen molar-refractivity contribution in [1.29, 1.82) is 0 Å². The molecule has 1 aliphatic heterocycles. The van der Waals surface area contributed by atoms with Crippen molar-refractivity contribution < 1.29 is 4.79 Å². The molecule has 0 fully saturated rings. The molecule has 3 aromatic rings. The van der Waals surface area contributed by atoms with Crippen LogP contribution in [0, 0.1) is 3.57 Å². The summed E-state index contributed by atoms with van der Waals surface area (Å²) in [7, 11) is 1.96. The molecule has 2 heterocycles. The average Bonchev–Trinajstić information content (AvgIpc) is 2.99. The van der Waals surface area contributed by atoms with Crippen LogP contribution in [0.5, 0.6) is 0 Å². The van der Waals surface area contributed by atoms with Crippen molar-refractivity contribution >= 4 is 56.9 Å². The second-order valence-electron chi connectivity index (χ2n) is 5.22. The first-order valence-corrected chi connectivity index (χ1v) is 7.96. The van der Waals surface area contributed by atoms with E-state index in [9.17, 15) is 4.79 Å². The molecular weight excluding hydrogens is 389 g/mol. The van der Waals surface area contributed by atoms with Gasteiger partial charge in [0.1, 0.15) is 5.82 Å². The fourth-order valence-electron chi connectivity index (χ4n) is 2.73. The minimum absolute atomic E-state index is 0.0796. The lowest BCUT2D eigenvalue weighted by molar-refractivity contribution is -0.110. The second-order valence-corrected chi connectivity index (χ2v) is 6.47. The minimum Gasteiger partial charge on any atom is -0.328 e. The number of halogens is 1. The van der Waals surface area contributed by atoms with E-state index >= 15 is 0 Å². The van der Waals surface area contributed by atoms with Gasteiger partial charge in [0.05, 0.1) is 16.6 Å². The number of hydrogen-bond acceptors (Lipinski definition) is 2. The summed E-state index contributed by atoms with van der Waals surface area (Å²) in [6.45, 7) is 0. The highest BCUT2D eigenvalue weighted by Crippen LogP contribution is 2.34. The van der Waals surface area contributed by atoms with Gasteiger partial charge < -0.3 is 9.88 Å². The van der Waals surface area contributed by atoms with E-state index in [1.807, 2.05) is 60.2 Å². The van der Waals surface area contributed by atoms with E-state index in [1.165, 1.54) is 0 Å². The van der Waals surface area contributed by atoms with E-state index in [0.29, 0.717) is 5.57 Å². The number of benzene rings is 2. The van der Waals surface area contributed by atoms with Gasteiger partial charge in [-0.05, 0) is 59.0 Å². The molecule has 5 heteroatoms. The Balaban J connectivity index is 1.91.